The molecule has 0 radical (unpaired) electrons. The average molecular weight is 551 g/mol. The zero-order chi connectivity index (χ0) is 31.8. The van der Waals surface area contributed by atoms with Gasteiger partial charge in [-0.2, -0.15) is 0 Å². The zero-order valence-electron chi connectivity index (χ0n) is 27.1. The Morgan fingerprint density at radius 2 is 1.00 bits per heavy atom. The zero-order valence-corrected chi connectivity index (χ0v) is 23.1. The lowest BCUT2D eigenvalue weighted by Crippen LogP contribution is -1.90. The topological polar surface area (TPSA) is 13.1 Å². The second kappa shape index (κ2) is 9.44. The molecule has 0 aliphatic heterocycles. The van der Waals surface area contributed by atoms with E-state index in [4.69, 9.17) is 9.90 Å². The number of hydrogen-bond acceptors (Lipinski definition) is 1. The first-order valence-corrected chi connectivity index (χ1v) is 14.4. The molecule has 0 spiro atoms. The van der Waals surface area contributed by atoms with E-state index in [0.717, 1.165) is 76.9 Å². The van der Waals surface area contributed by atoms with Crippen LogP contribution in [0.3, 0.4) is 0 Å². The van der Waals surface area contributed by atoms with Gasteiger partial charge in [0.05, 0.1) is 5.48 Å². The Balaban J connectivity index is 1.32. The third-order valence-electron chi connectivity index (χ3n) is 8.61. The van der Waals surface area contributed by atoms with Gasteiger partial charge in [-0.1, -0.05) is 133 Å². The van der Waals surface area contributed by atoms with Crippen LogP contribution < -0.4 is 0 Å². The predicted molar refractivity (Wildman–Crippen MR) is 183 cm³/mol. The van der Waals surface area contributed by atoms with Crippen LogP contribution in [0.25, 0.3) is 87.6 Å². The number of fused-ring (bicyclic) bond motifs is 6. The molecule has 9 aromatic rings. The van der Waals surface area contributed by atoms with Crippen LogP contribution in [0.2, 0.25) is 0 Å². The summed E-state index contributed by atoms with van der Waals surface area (Å²) in [7, 11) is 0. The lowest BCUT2D eigenvalue weighted by Gasteiger charge is -2.17. The minimum absolute atomic E-state index is 0.135. The number of furan rings is 1. The van der Waals surface area contributed by atoms with E-state index in [-0.39, 0.29) is 24.2 Å². The van der Waals surface area contributed by atoms with Crippen molar-refractivity contribution in [3.63, 3.8) is 0 Å². The van der Waals surface area contributed by atoms with Gasteiger partial charge in [-0.3, -0.25) is 0 Å². The second-order valence-corrected chi connectivity index (χ2v) is 11.0. The number of rotatable bonds is 3. The summed E-state index contributed by atoms with van der Waals surface area (Å²) in [6, 6.07) is 44.9. The summed E-state index contributed by atoms with van der Waals surface area (Å²) in [5, 5.41) is 7.71. The summed E-state index contributed by atoms with van der Waals surface area (Å²) in [5.74, 6) is 0. The maximum atomic E-state index is 8.61. The van der Waals surface area contributed by atoms with Crippen molar-refractivity contribution in [3.05, 3.63) is 158 Å². The van der Waals surface area contributed by atoms with Gasteiger partial charge in [0.1, 0.15) is 11.2 Å². The molecule has 0 unspecified atom stereocenters. The van der Waals surface area contributed by atoms with Crippen molar-refractivity contribution in [2.45, 2.75) is 0 Å². The molecular formula is C42H26O. The molecule has 0 amide bonds. The van der Waals surface area contributed by atoms with Gasteiger partial charge in [-0.25, -0.2) is 0 Å². The number of benzene rings is 8. The van der Waals surface area contributed by atoms with Gasteiger partial charge in [-0.15, -0.1) is 0 Å². The number of hydrogen-bond donors (Lipinski definition) is 0. The Kier molecular flexibility index (Phi) is 4.45. The van der Waals surface area contributed by atoms with Crippen LogP contribution in [-0.4, -0.2) is 0 Å². The Morgan fingerprint density at radius 1 is 0.372 bits per heavy atom. The molecule has 9 rings (SSSR count). The molecule has 0 aliphatic carbocycles. The van der Waals surface area contributed by atoms with Crippen LogP contribution in [0, 0.1) is 0 Å². The first-order chi connectivity index (χ1) is 22.9. The quantitative estimate of drug-likeness (QED) is 0.199. The molecule has 0 saturated heterocycles. The maximum absolute atomic E-state index is 8.61. The van der Waals surface area contributed by atoms with Crippen molar-refractivity contribution >= 4 is 54.3 Å². The second-order valence-electron chi connectivity index (χ2n) is 11.0. The molecule has 1 nitrogen and oxygen atoms in total. The first kappa shape index (κ1) is 20.3. The van der Waals surface area contributed by atoms with Crippen LogP contribution in [0.5, 0.6) is 0 Å². The molecule has 1 heterocycles. The molecule has 1 aromatic heterocycles. The highest BCUT2D eigenvalue weighted by molar-refractivity contribution is 6.22. The third-order valence-corrected chi connectivity index (χ3v) is 8.61. The maximum Gasteiger partial charge on any atom is 0.136 e. The van der Waals surface area contributed by atoms with Gasteiger partial charge in [0.25, 0.3) is 0 Å². The SMILES string of the molecule is [2H]c1cc2c(-c3ccccc3)c3cc([2H])c([2H])cc3c(-c3ccc4oc5cc(-c6cccc7ccccc67)ccc5c4c3)c2cc1[2H]. The summed E-state index contributed by atoms with van der Waals surface area (Å²) in [6.07, 6.45) is 0. The largest absolute Gasteiger partial charge is 0.456 e. The molecule has 43 heavy (non-hydrogen) atoms. The molecule has 0 saturated carbocycles. The lowest BCUT2D eigenvalue weighted by molar-refractivity contribution is 0.669. The van der Waals surface area contributed by atoms with E-state index < -0.39 is 0 Å². The van der Waals surface area contributed by atoms with E-state index in [1.165, 1.54) is 10.8 Å². The summed E-state index contributed by atoms with van der Waals surface area (Å²) >= 11 is 0. The van der Waals surface area contributed by atoms with Gasteiger partial charge in [0, 0.05) is 10.8 Å². The normalized spacial score (nSPS) is 13.0. The summed E-state index contributed by atoms with van der Waals surface area (Å²) in [5.41, 5.74) is 7.48. The fraction of sp³-hybridized carbons (Fsp3) is 0. The van der Waals surface area contributed by atoms with E-state index in [2.05, 4.69) is 66.7 Å². The van der Waals surface area contributed by atoms with Crippen LogP contribution in [0.15, 0.2) is 162 Å². The summed E-state index contributed by atoms with van der Waals surface area (Å²) in [4.78, 5) is 0. The van der Waals surface area contributed by atoms with Crippen molar-refractivity contribution in [1.29, 1.82) is 0 Å². The van der Waals surface area contributed by atoms with Crippen LogP contribution in [-0.2, 0) is 0 Å². The Hall–Kier alpha value is -5.66. The molecule has 0 fully saturated rings. The highest BCUT2D eigenvalue weighted by atomic mass is 16.3. The average Bonchev–Trinajstić information content (AvgIpc) is 3.46. The van der Waals surface area contributed by atoms with E-state index in [9.17, 15) is 0 Å². The fourth-order valence-electron chi connectivity index (χ4n) is 6.69. The van der Waals surface area contributed by atoms with E-state index in [0.29, 0.717) is 0 Å². The highest BCUT2D eigenvalue weighted by Crippen LogP contribution is 2.45. The predicted octanol–water partition coefficient (Wildman–Crippen LogP) is 12.0. The van der Waals surface area contributed by atoms with Gasteiger partial charge in [0.2, 0.25) is 0 Å². The molecule has 1 heteroatoms. The van der Waals surface area contributed by atoms with Crippen molar-refractivity contribution in [3.8, 4) is 33.4 Å². The Labute approximate surface area is 254 Å². The van der Waals surface area contributed by atoms with Gasteiger partial charge in [-0.05, 0) is 90.0 Å². The Bertz CT molecular complexity index is 2650. The molecule has 8 aromatic carbocycles. The van der Waals surface area contributed by atoms with Crippen molar-refractivity contribution in [2.24, 2.45) is 0 Å². The highest BCUT2D eigenvalue weighted by Gasteiger charge is 2.18. The fourth-order valence-corrected chi connectivity index (χ4v) is 6.69. The van der Waals surface area contributed by atoms with Crippen molar-refractivity contribution in [2.75, 3.05) is 0 Å². The molecular weight excluding hydrogens is 520 g/mol. The van der Waals surface area contributed by atoms with Gasteiger partial charge in [0.15, 0.2) is 0 Å². The molecule has 0 N–H and O–H groups in total. The molecule has 0 atom stereocenters. The standard InChI is InChI=1S/C42H26O/c1-2-12-28(13-3-1)41-34-16-6-8-18-36(34)42(37-19-9-7-17-35(37)41)30-22-24-39-38(25-30)33-23-21-29(26-40(33)43-39)32-20-10-14-27-11-4-5-15-31(27)32/h1-26H/i6D,7D,8D,9D. The summed E-state index contributed by atoms with van der Waals surface area (Å²) < 4.78 is 40.8. The lowest BCUT2D eigenvalue weighted by atomic mass is 9.86. The van der Waals surface area contributed by atoms with Crippen molar-refractivity contribution in [1.82, 2.24) is 0 Å². The van der Waals surface area contributed by atoms with Gasteiger partial charge < -0.3 is 4.42 Å². The van der Waals surface area contributed by atoms with Crippen LogP contribution in [0.1, 0.15) is 5.48 Å². The van der Waals surface area contributed by atoms with Gasteiger partial charge >= 0.3 is 0 Å². The first-order valence-electron chi connectivity index (χ1n) is 16.4. The van der Waals surface area contributed by atoms with E-state index >= 15 is 0 Å². The monoisotopic (exact) mass is 550 g/mol. The minimum Gasteiger partial charge on any atom is -0.456 e. The Morgan fingerprint density at radius 3 is 1.74 bits per heavy atom. The molecule has 200 valence electrons. The van der Waals surface area contributed by atoms with E-state index in [1.807, 2.05) is 42.5 Å². The molecule has 0 bridgehead atoms. The minimum atomic E-state index is 0.135. The van der Waals surface area contributed by atoms with Crippen molar-refractivity contribution < 1.29 is 9.90 Å². The smallest absolute Gasteiger partial charge is 0.136 e. The third kappa shape index (κ3) is 3.72. The van der Waals surface area contributed by atoms with Crippen LogP contribution in [0.4, 0.5) is 0 Å². The summed E-state index contributed by atoms with van der Waals surface area (Å²) in [6.45, 7) is 0. The van der Waals surface area contributed by atoms with Crippen LogP contribution >= 0.6 is 0 Å². The molecule has 0 aliphatic rings. The van der Waals surface area contributed by atoms with E-state index in [1.54, 1.807) is 24.3 Å².